The largest absolute Gasteiger partial charge is 0.508 e. The van der Waals surface area contributed by atoms with Crippen LogP contribution in [0.4, 0.5) is 0 Å². The molecule has 0 bridgehead atoms. The van der Waals surface area contributed by atoms with Crippen molar-refractivity contribution in [2.24, 2.45) is 0 Å². The van der Waals surface area contributed by atoms with Crippen molar-refractivity contribution in [3.8, 4) is 5.75 Å². The van der Waals surface area contributed by atoms with Crippen LogP contribution in [0, 0.1) is 0 Å². The highest BCUT2D eigenvalue weighted by molar-refractivity contribution is 9.06. The SMILES string of the molecule is O=C(NCc1cccc(O)c1)c1ccc(C(=O)OBr)cc1. The summed E-state index contributed by atoms with van der Waals surface area (Å²) in [5.41, 5.74) is 1.57. The van der Waals surface area contributed by atoms with Gasteiger partial charge in [0, 0.05) is 12.1 Å². The minimum Gasteiger partial charge on any atom is -0.508 e. The van der Waals surface area contributed by atoms with Gasteiger partial charge in [0.15, 0.2) is 16.3 Å². The second kappa shape index (κ2) is 6.90. The standard InChI is InChI=1S/C15H12BrNO4/c16-21-15(20)12-6-4-11(5-7-12)14(19)17-9-10-2-1-3-13(18)8-10/h1-8,18H,9H2,(H,17,19). The molecule has 0 radical (unpaired) electrons. The highest BCUT2D eigenvalue weighted by atomic mass is 79.9. The zero-order valence-corrected chi connectivity index (χ0v) is 12.5. The Morgan fingerprint density at radius 2 is 1.76 bits per heavy atom. The molecule has 0 spiro atoms. The molecule has 2 N–H and O–H groups in total. The molecular weight excluding hydrogens is 338 g/mol. The minimum absolute atomic E-state index is 0.152. The quantitative estimate of drug-likeness (QED) is 0.889. The van der Waals surface area contributed by atoms with Gasteiger partial charge >= 0.3 is 5.97 Å². The van der Waals surface area contributed by atoms with Crippen molar-refractivity contribution in [3.63, 3.8) is 0 Å². The minimum atomic E-state index is -0.526. The van der Waals surface area contributed by atoms with Crippen LogP contribution in [0.3, 0.4) is 0 Å². The smallest absolute Gasteiger partial charge is 0.349 e. The molecule has 2 rings (SSSR count). The van der Waals surface area contributed by atoms with Gasteiger partial charge in [-0.25, -0.2) is 4.79 Å². The van der Waals surface area contributed by atoms with Gasteiger partial charge < -0.3 is 14.3 Å². The van der Waals surface area contributed by atoms with Gasteiger partial charge in [-0.1, -0.05) is 12.1 Å². The van der Waals surface area contributed by atoms with Crippen LogP contribution in [0.15, 0.2) is 48.5 Å². The highest BCUT2D eigenvalue weighted by Gasteiger charge is 2.09. The fraction of sp³-hybridized carbons (Fsp3) is 0.0667. The van der Waals surface area contributed by atoms with Gasteiger partial charge in [-0.05, 0) is 42.0 Å². The second-order valence-corrected chi connectivity index (χ2v) is 4.62. The summed E-state index contributed by atoms with van der Waals surface area (Å²) < 4.78 is 4.40. The van der Waals surface area contributed by atoms with E-state index in [9.17, 15) is 14.7 Å². The van der Waals surface area contributed by atoms with Crippen LogP contribution in [-0.2, 0) is 10.4 Å². The van der Waals surface area contributed by atoms with Crippen molar-refractivity contribution in [2.45, 2.75) is 6.54 Å². The Kier molecular flexibility index (Phi) is 4.94. The fourth-order valence-corrected chi connectivity index (χ4v) is 1.94. The number of carbonyl (C=O) groups is 2. The van der Waals surface area contributed by atoms with Crippen LogP contribution in [0.2, 0.25) is 0 Å². The van der Waals surface area contributed by atoms with E-state index in [1.165, 1.54) is 24.3 Å². The molecule has 0 saturated heterocycles. The van der Waals surface area contributed by atoms with E-state index in [0.29, 0.717) is 17.7 Å². The lowest BCUT2D eigenvalue weighted by Crippen LogP contribution is -2.22. The lowest BCUT2D eigenvalue weighted by Gasteiger charge is -2.06. The topological polar surface area (TPSA) is 75.6 Å². The van der Waals surface area contributed by atoms with Crippen molar-refractivity contribution < 1.29 is 18.5 Å². The van der Waals surface area contributed by atoms with Gasteiger partial charge in [-0.3, -0.25) is 4.79 Å². The summed E-state index contributed by atoms with van der Waals surface area (Å²) in [5, 5.41) is 12.1. The van der Waals surface area contributed by atoms with E-state index >= 15 is 0 Å². The van der Waals surface area contributed by atoms with Crippen LogP contribution in [0.1, 0.15) is 26.3 Å². The monoisotopic (exact) mass is 349 g/mol. The van der Waals surface area contributed by atoms with Crippen LogP contribution in [-0.4, -0.2) is 17.0 Å². The summed E-state index contributed by atoms with van der Waals surface area (Å²) in [6.07, 6.45) is 0. The number of hydrogen-bond acceptors (Lipinski definition) is 4. The maximum Gasteiger partial charge on any atom is 0.349 e. The highest BCUT2D eigenvalue weighted by Crippen LogP contribution is 2.11. The van der Waals surface area contributed by atoms with E-state index in [-0.39, 0.29) is 11.7 Å². The molecule has 0 aliphatic rings. The normalized spacial score (nSPS) is 9.95. The van der Waals surface area contributed by atoms with E-state index in [0.717, 1.165) is 5.56 Å². The number of amides is 1. The van der Waals surface area contributed by atoms with Crippen LogP contribution in [0.5, 0.6) is 5.75 Å². The first-order valence-corrected chi connectivity index (χ1v) is 6.74. The Bertz CT molecular complexity index is 655. The first-order valence-electron chi connectivity index (χ1n) is 6.09. The molecule has 21 heavy (non-hydrogen) atoms. The first kappa shape index (κ1) is 15.1. The van der Waals surface area contributed by atoms with Crippen molar-refractivity contribution in [2.75, 3.05) is 0 Å². The van der Waals surface area contributed by atoms with Crippen LogP contribution in [0.25, 0.3) is 0 Å². The van der Waals surface area contributed by atoms with Crippen molar-refractivity contribution >= 4 is 28.1 Å². The number of hydrogen-bond donors (Lipinski definition) is 2. The lowest BCUT2D eigenvalue weighted by molar-refractivity contribution is 0.0781. The fourth-order valence-electron chi connectivity index (χ4n) is 1.75. The Labute approximate surface area is 130 Å². The zero-order chi connectivity index (χ0) is 15.2. The predicted molar refractivity (Wildman–Crippen MR) is 80.1 cm³/mol. The average Bonchev–Trinajstić information content (AvgIpc) is 2.52. The molecule has 0 aliphatic carbocycles. The molecule has 6 heteroatoms. The van der Waals surface area contributed by atoms with Crippen LogP contribution < -0.4 is 5.32 Å². The first-order chi connectivity index (χ1) is 10.1. The maximum absolute atomic E-state index is 12.0. The number of phenolic OH excluding ortho intramolecular Hbond substituents is 1. The number of phenols is 1. The predicted octanol–water partition coefficient (Wildman–Crippen LogP) is 2.79. The molecule has 0 aromatic heterocycles. The number of benzene rings is 2. The third-order valence-electron chi connectivity index (χ3n) is 2.82. The Morgan fingerprint density at radius 1 is 1.10 bits per heavy atom. The zero-order valence-electron chi connectivity index (χ0n) is 10.9. The molecule has 2 aromatic rings. The van der Waals surface area contributed by atoms with Crippen molar-refractivity contribution in [3.05, 3.63) is 65.2 Å². The molecule has 0 heterocycles. The van der Waals surface area contributed by atoms with Gasteiger partial charge in [0.25, 0.3) is 5.91 Å². The molecule has 0 aliphatic heterocycles. The molecule has 108 valence electrons. The number of aromatic hydroxyl groups is 1. The summed E-state index contributed by atoms with van der Waals surface area (Å²) in [5.74, 6) is -0.641. The third kappa shape index (κ3) is 4.06. The van der Waals surface area contributed by atoms with E-state index in [2.05, 4.69) is 25.4 Å². The van der Waals surface area contributed by atoms with Gasteiger partial charge in [-0.2, -0.15) is 0 Å². The molecule has 5 nitrogen and oxygen atoms in total. The maximum atomic E-state index is 12.0. The molecule has 0 atom stereocenters. The molecule has 0 fully saturated rings. The Morgan fingerprint density at radius 3 is 2.38 bits per heavy atom. The van der Waals surface area contributed by atoms with Gasteiger partial charge in [0.05, 0.1) is 5.56 Å². The lowest BCUT2D eigenvalue weighted by atomic mass is 10.1. The van der Waals surface area contributed by atoms with Gasteiger partial charge in [0.1, 0.15) is 5.75 Å². The van der Waals surface area contributed by atoms with E-state index in [1.807, 2.05) is 0 Å². The van der Waals surface area contributed by atoms with Crippen molar-refractivity contribution in [1.82, 2.24) is 5.32 Å². The van der Waals surface area contributed by atoms with E-state index in [4.69, 9.17) is 0 Å². The number of rotatable bonds is 4. The molecule has 0 unspecified atom stereocenters. The molecule has 0 saturated carbocycles. The molecule has 1 amide bonds. The number of halogens is 1. The van der Waals surface area contributed by atoms with Gasteiger partial charge in [-0.15, -0.1) is 0 Å². The second-order valence-electron chi connectivity index (χ2n) is 4.29. The third-order valence-corrected chi connectivity index (χ3v) is 3.11. The average molecular weight is 350 g/mol. The Hall–Kier alpha value is -2.34. The molecule has 2 aromatic carbocycles. The summed E-state index contributed by atoms with van der Waals surface area (Å²) in [7, 11) is 0. The summed E-state index contributed by atoms with van der Waals surface area (Å²) >= 11 is 2.61. The summed E-state index contributed by atoms with van der Waals surface area (Å²) in [6, 6.07) is 12.7. The van der Waals surface area contributed by atoms with Gasteiger partial charge in [0.2, 0.25) is 0 Å². The number of nitrogens with one attached hydrogen (secondary N) is 1. The van der Waals surface area contributed by atoms with Crippen molar-refractivity contribution in [1.29, 1.82) is 0 Å². The van der Waals surface area contributed by atoms with E-state index in [1.54, 1.807) is 24.3 Å². The molecular formula is C15H12BrNO4. The number of carbonyl (C=O) groups excluding carboxylic acids is 2. The summed E-state index contributed by atoms with van der Waals surface area (Å²) in [6.45, 7) is 0.304. The Balaban J connectivity index is 1.99. The van der Waals surface area contributed by atoms with E-state index < -0.39 is 5.97 Å². The summed E-state index contributed by atoms with van der Waals surface area (Å²) in [4.78, 5) is 23.2. The van der Waals surface area contributed by atoms with Crippen LogP contribution >= 0.6 is 16.3 Å².